The standard InChI is InChI=1S/C46H62O8/c1-11-28(2)40(51)54-38-39(53-37(50)20-17-30-15-13-12-14-16-30)46(27-47)32(25-41(38,4)5)31-18-19-34-43(8)23-22-35(49)42(6,7)33(43)21-24-44(34,9)45(31,10)26-36(46)52-29(3)48/h11-18,20,27,32-36,38-39,49H,19,21-26H2,1-10H3/b20-17+,28-11-/t32?,33?,34-,35+,36-,38+,39+,43+,44-,45-,46+/m1/s1. The normalized spacial score (nSPS) is 40.8. The van der Waals surface area contributed by atoms with Crippen LogP contribution in [0.2, 0.25) is 0 Å². The molecule has 1 N–H and O–H groups in total. The highest BCUT2D eigenvalue weighted by molar-refractivity contribution is 5.89. The van der Waals surface area contributed by atoms with Crippen molar-refractivity contribution in [2.24, 2.45) is 50.2 Å². The first-order chi connectivity index (χ1) is 25.2. The number of benzene rings is 1. The monoisotopic (exact) mass is 742 g/mol. The summed E-state index contributed by atoms with van der Waals surface area (Å²) in [5.41, 5.74) is -0.846. The van der Waals surface area contributed by atoms with Gasteiger partial charge in [0.05, 0.1) is 6.10 Å². The number of aliphatic hydroxyl groups excluding tert-OH is 1. The van der Waals surface area contributed by atoms with Gasteiger partial charge in [0.2, 0.25) is 0 Å². The van der Waals surface area contributed by atoms with Crippen molar-refractivity contribution in [2.75, 3.05) is 0 Å². The molecule has 8 nitrogen and oxygen atoms in total. The minimum Gasteiger partial charge on any atom is -0.461 e. The van der Waals surface area contributed by atoms with Crippen LogP contribution in [0.1, 0.15) is 120 Å². The van der Waals surface area contributed by atoms with Crippen molar-refractivity contribution in [3.8, 4) is 0 Å². The topological polar surface area (TPSA) is 116 Å². The summed E-state index contributed by atoms with van der Waals surface area (Å²) in [5.74, 6) is -1.57. The van der Waals surface area contributed by atoms with Crippen LogP contribution in [-0.4, -0.2) is 53.7 Å². The molecule has 8 heteroatoms. The fraction of sp³-hybridized carbons (Fsp3) is 0.652. The van der Waals surface area contributed by atoms with Crippen molar-refractivity contribution in [3.05, 3.63) is 65.3 Å². The summed E-state index contributed by atoms with van der Waals surface area (Å²) in [6.45, 7) is 20.4. The van der Waals surface area contributed by atoms with E-state index in [4.69, 9.17) is 14.2 Å². The predicted octanol–water partition coefficient (Wildman–Crippen LogP) is 8.61. The fourth-order valence-corrected chi connectivity index (χ4v) is 12.6. The molecule has 54 heavy (non-hydrogen) atoms. The van der Waals surface area contributed by atoms with Gasteiger partial charge in [-0.2, -0.15) is 0 Å². The Labute approximate surface area is 322 Å². The first-order valence-electron chi connectivity index (χ1n) is 20.0. The van der Waals surface area contributed by atoms with Crippen LogP contribution in [0.15, 0.2) is 59.7 Å². The van der Waals surface area contributed by atoms with Gasteiger partial charge in [0.1, 0.15) is 23.9 Å². The molecule has 6 rings (SSSR count). The van der Waals surface area contributed by atoms with Crippen LogP contribution in [0.3, 0.4) is 0 Å². The number of allylic oxidation sites excluding steroid dienone is 3. The molecule has 0 aliphatic heterocycles. The maximum atomic E-state index is 14.2. The average molecular weight is 743 g/mol. The summed E-state index contributed by atoms with van der Waals surface area (Å²) in [5, 5.41) is 11.2. The quantitative estimate of drug-likeness (QED) is 0.0971. The van der Waals surface area contributed by atoms with Crippen LogP contribution in [0.25, 0.3) is 6.08 Å². The third-order valence-corrected chi connectivity index (χ3v) is 15.9. The Morgan fingerprint density at radius 3 is 2.17 bits per heavy atom. The van der Waals surface area contributed by atoms with E-state index in [1.54, 1.807) is 26.0 Å². The number of aldehydes is 1. The van der Waals surface area contributed by atoms with Crippen molar-refractivity contribution in [1.82, 2.24) is 0 Å². The van der Waals surface area contributed by atoms with E-state index < -0.39 is 58.4 Å². The van der Waals surface area contributed by atoms with Gasteiger partial charge in [-0.05, 0) is 104 Å². The van der Waals surface area contributed by atoms with Crippen LogP contribution < -0.4 is 0 Å². The van der Waals surface area contributed by atoms with Gasteiger partial charge < -0.3 is 24.1 Å². The lowest BCUT2D eigenvalue weighted by atomic mass is 9.33. The molecule has 0 radical (unpaired) electrons. The number of carbonyl (C=O) groups is 4. The van der Waals surface area contributed by atoms with Gasteiger partial charge in [0.15, 0.2) is 6.10 Å². The highest BCUT2D eigenvalue weighted by Crippen LogP contribution is 2.76. The summed E-state index contributed by atoms with van der Waals surface area (Å²) in [7, 11) is 0. The van der Waals surface area contributed by atoms with E-state index in [-0.39, 0.29) is 22.3 Å². The van der Waals surface area contributed by atoms with Crippen molar-refractivity contribution in [1.29, 1.82) is 0 Å². The van der Waals surface area contributed by atoms with Gasteiger partial charge in [-0.25, -0.2) is 9.59 Å². The second-order valence-electron chi connectivity index (χ2n) is 19.2. The smallest absolute Gasteiger partial charge is 0.333 e. The lowest BCUT2D eigenvalue weighted by Gasteiger charge is -2.72. The molecule has 2 unspecified atom stereocenters. The second-order valence-corrected chi connectivity index (χ2v) is 19.2. The summed E-state index contributed by atoms with van der Waals surface area (Å²) in [6, 6.07) is 9.37. The number of hydrogen-bond donors (Lipinski definition) is 1. The van der Waals surface area contributed by atoms with E-state index in [2.05, 4.69) is 40.7 Å². The molecule has 4 fully saturated rings. The number of carbonyl (C=O) groups excluding carboxylic acids is 4. The lowest BCUT2D eigenvalue weighted by molar-refractivity contribution is -0.251. The van der Waals surface area contributed by atoms with E-state index in [1.165, 1.54) is 13.0 Å². The summed E-state index contributed by atoms with van der Waals surface area (Å²) < 4.78 is 19.0. The van der Waals surface area contributed by atoms with Gasteiger partial charge >= 0.3 is 17.9 Å². The molecule has 0 bridgehead atoms. The van der Waals surface area contributed by atoms with Gasteiger partial charge in [0.25, 0.3) is 0 Å². The molecule has 5 aliphatic carbocycles. The zero-order valence-electron chi connectivity index (χ0n) is 34.1. The fourth-order valence-electron chi connectivity index (χ4n) is 12.6. The summed E-state index contributed by atoms with van der Waals surface area (Å²) in [6.07, 6.45) is 9.55. The number of esters is 3. The van der Waals surface area contributed by atoms with Crippen LogP contribution in [0.5, 0.6) is 0 Å². The summed E-state index contributed by atoms with van der Waals surface area (Å²) in [4.78, 5) is 54.7. The van der Waals surface area contributed by atoms with Gasteiger partial charge in [-0.1, -0.05) is 96.5 Å². The van der Waals surface area contributed by atoms with Crippen LogP contribution >= 0.6 is 0 Å². The Morgan fingerprint density at radius 2 is 1.54 bits per heavy atom. The van der Waals surface area contributed by atoms with Crippen molar-refractivity contribution < 1.29 is 38.5 Å². The molecule has 0 amide bonds. The molecule has 294 valence electrons. The Hall–Kier alpha value is -3.52. The maximum absolute atomic E-state index is 14.2. The predicted molar refractivity (Wildman–Crippen MR) is 207 cm³/mol. The van der Waals surface area contributed by atoms with E-state index in [0.29, 0.717) is 30.3 Å². The molecule has 0 heterocycles. The van der Waals surface area contributed by atoms with Gasteiger partial charge in [-0.15, -0.1) is 0 Å². The summed E-state index contributed by atoms with van der Waals surface area (Å²) >= 11 is 0. The Kier molecular flexibility index (Phi) is 10.3. The lowest BCUT2D eigenvalue weighted by Crippen LogP contribution is -2.72. The first kappa shape index (κ1) is 40.2. The second kappa shape index (κ2) is 13.9. The molecule has 0 aromatic heterocycles. The molecule has 11 atom stereocenters. The van der Waals surface area contributed by atoms with Crippen molar-refractivity contribution in [2.45, 2.75) is 139 Å². The van der Waals surface area contributed by atoms with Crippen LogP contribution in [-0.2, 0) is 33.4 Å². The molecular weight excluding hydrogens is 680 g/mol. The maximum Gasteiger partial charge on any atom is 0.333 e. The molecule has 1 aromatic carbocycles. The number of rotatable bonds is 7. The minimum atomic E-state index is -1.53. The Balaban J connectivity index is 1.51. The molecule has 0 spiro atoms. The highest BCUT2D eigenvalue weighted by Gasteiger charge is 2.74. The number of ether oxygens (including phenoxy) is 3. The number of aliphatic hydroxyl groups is 1. The number of hydrogen-bond acceptors (Lipinski definition) is 8. The molecule has 4 saturated carbocycles. The molecular formula is C46H62O8. The molecule has 1 aromatic rings. The minimum absolute atomic E-state index is 0.0180. The van der Waals surface area contributed by atoms with Crippen LogP contribution in [0, 0.1) is 50.2 Å². The van der Waals surface area contributed by atoms with Crippen molar-refractivity contribution >= 4 is 30.3 Å². The Bertz CT molecular complexity index is 1750. The Morgan fingerprint density at radius 1 is 0.852 bits per heavy atom. The van der Waals surface area contributed by atoms with E-state index >= 15 is 0 Å². The van der Waals surface area contributed by atoms with Crippen molar-refractivity contribution in [3.63, 3.8) is 0 Å². The van der Waals surface area contributed by atoms with E-state index in [9.17, 15) is 24.3 Å². The van der Waals surface area contributed by atoms with Gasteiger partial charge in [0, 0.05) is 29.9 Å². The largest absolute Gasteiger partial charge is 0.461 e. The molecule has 5 aliphatic rings. The number of fused-ring (bicyclic) bond motifs is 7. The first-order valence-corrected chi connectivity index (χ1v) is 20.0. The highest BCUT2D eigenvalue weighted by atomic mass is 16.6. The molecule has 0 saturated heterocycles. The van der Waals surface area contributed by atoms with E-state index in [1.807, 2.05) is 44.2 Å². The van der Waals surface area contributed by atoms with E-state index in [0.717, 1.165) is 49.5 Å². The van der Waals surface area contributed by atoms with Gasteiger partial charge in [-0.3, -0.25) is 4.79 Å². The zero-order valence-corrected chi connectivity index (χ0v) is 34.1. The SMILES string of the molecule is C/C=C(/C)C(=O)O[C@H]1[C@H](OC(=O)/C=C/c2ccccc2)[C@@]2(C=O)C(CC1(C)C)C1=CC[C@@H]3[C@@]4(C)CC[C@H](O)C(C)(C)C4CC[C@@]3(C)[C@]1(C)C[C@H]2OC(C)=O. The third kappa shape index (κ3) is 6.04. The van der Waals surface area contributed by atoms with Crippen LogP contribution in [0.4, 0.5) is 0 Å². The average Bonchev–Trinajstić information content (AvgIpc) is 3.10. The third-order valence-electron chi connectivity index (χ3n) is 15.9. The zero-order chi connectivity index (χ0) is 39.6.